The summed E-state index contributed by atoms with van der Waals surface area (Å²) in [5.41, 5.74) is 0. The van der Waals surface area contributed by atoms with Crippen LogP contribution in [0.5, 0.6) is 0 Å². The first-order valence-electron chi connectivity index (χ1n) is 3.31. The van der Waals surface area contributed by atoms with Crippen LogP contribution in [-0.2, 0) is 9.31 Å². The van der Waals surface area contributed by atoms with E-state index in [2.05, 4.69) is 0 Å². The second-order valence-electron chi connectivity index (χ2n) is 2.11. The second-order valence-corrected chi connectivity index (χ2v) is 2.11. The van der Waals surface area contributed by atoms with Crippen molar-refractivity contribution in [3.8, 4) is 0 Å². The minimum absolute atomic E-state index is 0.612. The monoisotopic (exact) mass is 130 g/mol. The molecule has 1 saturated heterocycles. The van der Waals surface area contributed by atoms with Gasteiger partial charge in [-0.2, -0.15) is 0 Å². The third-order valence-electron chi connectivity index (χ3n) is 1.31. The molecular weight excluding hydrogens is 119 g/mol. The van der Waals surface area contributed by atoms with Gasteiger partial charge in [0, 0.05) is 13.2 Å². The first kappa shape index (κ1) is 7.06. The van der Waals surface area contributed by atoms with Gasteiger partial charge in [0.15, 0.2) is 0 Å². The van der Waals surface area contributed by atoms with Gasteiger partial charge < -0.3 is 14.3 Å². The van der Waals surface area contributed by atoms with Crippen LogP contribution in [-0.4, -0.2) is 25.6 Å². The molecule has 0 atom stereocenters. The first-order valence-corrected chi connectivity index (χ1v) is 3.31. The Morgan fingerprint density at radius 2 is 1.56 bits per heavy atom. The maximum atomic E-state index is 8.77. The van der Waals surface area contributed by atoms with Crippen molar-refractivity contribution in [2.45, 2.75) is 19.3 Å². The number of hydrogen-bond acceptors (Lipinski definition) is 3. The zero-order chi connectivity index (χ0) is 6.53. The third kappa shape index (κ3) is 2.84. The lowest BCUT2D eigenvalue weighted by Gasteiger charge is -2.11. The Bertz CT molecular complexity index is 70.6. The summed E-state index contributed by atoms with van der Waals surface area (Å²) in [5, 5.41) is 8.77. The molecule has 1 N–H and O–H groups in total. The third-order valence-corrected chi connectivity index (χ3v) is 1.31. The van der Waals surface area contributed by atoms with Crippen molar-refractivity contribution >= 4 is 7.32 Å². The van der Waals surface area contributed by atoms with Crippen molar-refractivity contribution in [1.29, 1.82) is 0 Å². The molecule has 0 bridgehead atoms. The van der Waals surface area contributed by atoms with E-state index in [9.17, 15) is 0 Å². The Hall–Kier alpha value is -0.0551. The minimum Gasteiger partial charge on any atom is -0.402 e. The van der Waals surface area contributed by atoms with Crippen molar-refractivity contribution in [1.82, 2.24) is 0 Å². The molecule has 1 aliphatic heterocycles. The molecular formula is C5H11BO3. The maximum Gasteiger partial charge on any atom is 0.636 e. The summed E-state index contributed by atoms with van der Waals surface area (Å²) >= 11 is 0. The Labute approximate surface area is 55.1 Å². The van der Waals surface area contributed by atoms with E-state index in [1.807, 2.05) is 0 Å². The van der Waals surface area contributed by atoms with Crippen LogP contribution >= 0.6 is 0 Å². The van der Waals surface area contributed by atoms with E-state index in [1.54, 1.807) is 0 Å². The quantitative estimate of drug-likeness (QED) is 0.475. The van der Waals surface area contributed by atoms with Crippen molar-refractivity contribution in [2.75, 3.05) is 13.2 Å². The zero-order valence-electron chi connectivity index (χ0n) is 5.38. The molecule has 1 heterocycles. The van der Waals surface area contributed by atoms with Gasteiger partial charge in [-0.15, -0.1) is 0 Å². The molecule has 0 aromatic carbocycles. The molecule has 0 radical (unpaired) electrons. The molecule has 1 aliphatic rings. The van der Waals surface area contributed by atoms with E-state index >= 15 is 0 Å². The first-order chi connectivity index (χ1) is 4.39. The fourth-order valence-electron chi connectivity index (χ4n) is 0.797. The fourth-order valence-corrected chi connectivity index (χ4v) is 0.797. The Morgan fingerprint density at radius 3 is 2.11 bits per heavy atom. The van der Waals surface area contributed by atoms with Gasteiger partial charge in [-0.25, -0.2) is 0 Å². The van der Waals surface area contributed by atoms with Gasteiger partial charge in [-0.3, -0.25) is 0 Å². The lowest BCUT2D eigenvalue weighted by molar-refractivity contribution is 0.114. The summed E-state index contributed by atoms with van der Waals surface area (Å²) in [4.78, 5) is 0. The highest BCUT2D eigenvalue weighted by Gasteiger charge is 2.15. The second kappa shape index (κ2) is 3.87. The van der Waals surface area contributed by atoms with Crippen LogP contribution in [0.15, 0.2) is 0 Å². The normalized spacial score (nSPS) is 23.0. The van der Waals surface area contributed by atoms with E-state index in [4.69, 9.17) is 14.3 Å². The van der Waals surface area contributed by atoms with Crippen LogP contribution in [0.1, 0.15) is 19.3 Å². The lowest BCUT2D eigenvalue weighted by atomic mass is 10.2. The summed E-state index contributed by atoms with van der Waals surface area (Å²) in [6.45, 7) is 1.22. The van der Waals surface area contributed by atoms with Gasteiger partial charge in [0.2, 0.25) is 0 Å². The fraction of sp³-hybridized carbons (Fsp3) is 1.00. The van der Waals surface area contributed by atoms with Gasteiger partial charge in [0.25, 0.3) is 0 Å². The summed E-state index contributed by atoms with van der Waals surface area (Å²) in [5.74, 6) is 0. The molecule has 0 aromatic heterocycles. The molecule has 0 saturated carbocycles. The van der Waals surface area contributed by atoms with E-state index in [1.165, 1.54) is 0 Å². The minimum atomic E-state index is -0.981. The van der Waals surface area contributed by atoms with Crippen molar-refractivity contribution in [3.05, 3.63) is 0 Å². The largest absolute Gasteiger partial charge is 0.636 e. The molecule has 0 unspecified atom stereocenters. The van der Waals surface area contributed by atoms with Crippen molar-refractivity contribution in [2.24, 2.45) is 0 Å². The van der Waals surface area contributed by atoms with Crippen molar-refractivity contribution in [3.63, 3.8) is 0 Å². The molecule has 4 heteroatoms. The molecule has 0 aromatic rings. The highest BCUT2D eigenvalue weighted by Crippen LogP contribution is 2.01. The van der Waals surface area contributed by atoms with E-state index in [0.717, 1.165) is 19.3 Å². The zero-order valence-corrected chi connectivity index (χ0v) is 5.38. The maximum absolute atomic E-state index is 8.77. The average molecular weight is 130 g/mol. The van der Waals surface area contributed by atoms with Crippen LogP contribution in [0.2, 0.25) is 0 Å². The molecule has 0 spiro atoms. The molecule has 9 heavy (non-hydrogen) atoms. The number of hydrogen-bond donors (Lipinski definition) is 1. The van der Waals surface area contributed by atoms with Gasteiger partial charge in [0.1, 0.15) is 0 Å². The van der Waals surface area contributed by atoms with Crippen LogP contribution in [0.4, 0.5) is 0 Å². The standard InChI is InChI=1S/C5H11BO3/c7-6-8-4-2-1-3-5-9-6/h7H,1-5H2. The smallest absolute Gasteiger partial charge is 0.402 e. The molecule has 0 amide bonds. The van der Waals surface area contributed by atoms with Crippen molar-refractivity contribution < 1.29 is 14.3 Å². The molecule has 52 valence electrons. The van der Waals surface area contributed by atoms with Crippen LogP contribution in [0.3, 0.4) is 0 Å². The number of rotatable bonds is 0. The van der Waals surface area contributed by atoms with Crippen LogP contribution < -0.4 is 0 Å². The Kier molecular flexibility index (Phi) is 3.04. The Balaban J connectivity index is 2.12. The lowest BCUT2D eigenvalue weighted by Crippen LogP contribution is -2.25. The van der Waals surface area contributed by atoms with E-state index < -0.39 is 7.32 Å². The highest BCUT2D eigenvalue weighted by molar-refractivity contribution is 6.34. The molecule has 1 rings (SSSR count). The summed E-state index contributed by atoms with van der Waals surface area (Å²) < 4.78 is 9.63. The summed E-state index contributed by atoms with van der Waals surface area (Å²) in [6, 6.07) is 0. The molecule has 1 fully saturated rings. The summed E-state index contributed by atoms with van der Waals surface area (Å²) in [7, 11) is -0.981. The van der Waals surface area contributed by atoms with Crippen LogP contribution in [0.25, 0.3) is 0 Å². The van der Waals surface area contributed by atoms with E-state index in [0.29, 0.717) is 13.2 Å². The molecule has 0 aliphatic carbocycles. The van der Waals surface area contributed by atoms with E-state index in [-0.39, 0.29) is 0 Å². The van der Waals surface area contributed by atoms with Gasteiger partial charge in [-0.05, 0) is 19.3 Å². The SMILES string of the molecule is OB1OCCCCCO1. The predicted octanol–water partition coefficient (Wildman–Crippen LogP) is 0.181. The van der Waals surface area contributed by atoms with Gasteiger partial charge in [-0.1, -0.05) is 0 Å². The Morgan fingerprint density at radius 1 is 1.00 bits per heavy atom. The van der Waals surface area contributed by atoms with Gasteiger partial charge in [0.05, 0.1) is 0 Å². The molecule has 3 nitrogen and oxygen atoms in total. The topological polar surface area (TPSA) is 38.7 Å². The predicted molar refractivity (Wildman–Crippen MR) is 33.7 cm³/mol. The van der Waals surface area contributed by atoms with Gasteiger partial charge >= 0.3 is 7.32 Å². The average Bonchev–Trinajstić information content (AvgIpc) is 1.79. The van der Waals surface area contributed by atoms with Crippen LogP contribution in [0, 0.1) is 0 Å². The highest BCUT2D eigenvalue weighted by atomic mass is 16.7. The summed E-state index contributed by atoms with van der Waals surface area (Å²) in [6.07, 6.45) is 3.19.